The highest BCUT2D eigenvalue weighted by molar-refractivity contribution is 7.74. The molecule has 0 saturated heterocycles. The lowest BCUT2D eigenvalue weighted by Crippen LogP contribution is -2.36. The Hall–Kier alpha value is -1.69. The van der Waals surface area contributed by atoms with E-state index in [1.807, 2.05) is 0 Å². The minimum atomic E-state index is -0.418. The fraction of sp³-hybridized carbons (Fsp3) is 0.304. The van der Waals surface area contributed by atoms with Crippen molar-refractivity contribution in [2.75, 3.05) is 14.1 Å². The van der Waals surface area contributed by atoms with Gasteiger partial charge in [0.1, 0.15) is 0 Å². The van der Waals surface area contributed by atoms with Gasteiger partial charge in [-0.2, -0.15) is 0 Å². The average Bonchev–Trinajstić information content (AvgIpc) is 3.08. The molecule has 0 amide bonds. The molecule has 2 aliphatic carbocycles. The summed E-state index contributed by atoms with van der Waals surface area (Å²) in [6.07, 6.45) is 8.78. The normalized spacial score (nSPS) is 22.7. The summed E-state index contributed by atoms with van der Waals surface area (Å²) in [7, 11) is 4.06. The second-order valence-electron chi connectivity index (χ2n) is 7.20. The van der Waals surface area contributed by atoms with Crippen molar-refractivity contribution in [1.29, 1.82) is 0 Å². The van der Waals surface area contributed by atoms with Gasteiger partial charge in [-0.1, -0.05) is 72.8 Å². The minimum Gasteiger partial charge on any atom is -0.303 e. The van der Waals surface area contributed by atoms with Gasteiger partial charge in [0.25, 0.3) is 0 Å². The number of benzene rings is 2. The Morgan fingerprint density at radius 1 is 0.880 bits per heavy atom. The number of likely N-dealkylation sites (N-methyl/N-ethyl adjacent to an activating group) is 1. The van der Waals surface area contributed by atoms with Gasteiger partial charge < -0.3 is 4.90 Å². The summed E-state index contributed by atoms with van der Waals surface area (Å²) in [4.78, 5) is 2.43. The van der Waals surface area contributed by atoms with E-state index in [9.17, 15) is 0 Å². The van der Waals surface area contributed by atoms with E-state index in [-0.39, 0.29) is 0 Å². The molecule has 0 N–H and O–H groups in total. The summed E-state index contributed by atoms with van der Waals surface area (Å²) in [5, 5.41) is 2.96. The van der Waals surface area contributed by atoms with Crippen molar-refractivity contribution in [3.8, 4) is 0 Å². The van der Waals surface area contributed by atoms with E-state index in [0.717, 1.165) is 0 Å². The molecule has 0 saturated carbocycles. The summed E-state index contributed by atoms with van der Waals surface area (Å²) in [5.41, 5.74) is 3.83. The zero-order valence-electron chi connectivity index (χ0n) is 15.1. The molecule has 0 heterocycles. The first-order valence-electron chi connectivity index (χ1n) is 9.22. The predicted octanol–water partition coefficient (Wildman–Crippen LogP) is 4.47. The number of nitrogens with zero attached hydrogens (tertiary/aromatic N) is 1. The molecule has 0 bridgehead atoms. The first-order valence-corrected chi connectivity index (χ1v) is 10.6. The molecule has 2 aliphatic rings. The summed E-state index contributed by atoms with van der Waals surface area (Å²) in [5.74, 6) is 0. The van der Waals surface area contributed by atoms with Crippen molar-refractivity contribution in [1.82, 2.24) is 4.90 Å². The number of hydrogen-bond donors (Lipinski definition) is 0. The molecule has 0 aromatic heterocycles. The average molecular weight is 347 g/mol. The van der Waals surface area contributed by atoms with Crippen LogP contribution in [0.3, 0.4) is 0 Å². The fourth-order valence-electron chi connectivity index (χ4n) is 4.29. The smallest absolute Gasteiger partial charge is 0.0316 e. The quantitative estimate of drug-likeness (QED) is 0.738. The van der Waals surface area contributed by atoms with Crippen LogP contribution in [-0.2, 0) is 0 Å². The van der Waals surface area contributed by atoms with Crippen molar-refractivity contribution >= 4 is 18.5 Å². The maximum Gasteiger partial charge on any atom is 0.0316 e. The van der Waals surface area contributed by atoms with Gasteiger partial charge in [0.15, 0.2) is 0 Å². The highest BCUT2D eigenvalue weighted by Gasteiger charge is 2.36. The van der Waals surface area contributed by atoms with Gasteiger partial charge in [-0.3, -0.25) is 0 Å². The van der Waals surface area contributed by atoms with E-state index < -0.39 is 7.92 Å². The summed E-state index contributed by atoms with van der Waals surface area (Å²) in [6, 6.07) is 22.9. The first-order chi connectivity index (χ1) is 12.3. The van der Waals surface area contributed by atoms with Crippen LogP contribution in [-0.4, -0.2) is 30.7 Å². The number of hydrogen-bond acceptors (Lipinski definition) is 1. The Morgan fingerprint density at radius 2 is 1.48 bits per heavy atom. The van der Waals surface area contributed by atoms with Gasteiger partial charge in [0.2, 0.25) is 0 Å². The van der Waals surface area contributed by atoms with E-state index >= 15 is 0 Å². The van der Waals surface area contributed by atoms with Gasteiger partial charge >= 0.3 is 0 Å². The first kappa shape index (κ1) is 16.8. The zero-order chi connectivity index (χ0) is 17.2. The van der Waals surface area contributed by atoms with Crippen molar-refractivity contribution in [2.24, 2.45) is 0 Å². The Balaban J connectivity index is 1.80. The molecule has 1 nitrogen and oxygen atoms in total. The van der Waals surface area contributed by atoms with Gasteiger partial charge in [-0.25, -0.2) is 0 Å². The van der Waals surface area contributed by atoms with Crippen LogP contribution in [0.25, 0.3) is 0 Å². The Bertz CT molecular complexity index is 737. The molecular weight excluding hydrogens is 321 g/mol. The van der Waals surface area contributed by atoms with Crippen LogP contribution in [0.5, 0.6) is 0 Å². The molecular formula is C23H26NP. The maximum atomic E-state index is 2.50. The SMILES string of the molecule is CN(C)[C@@H]1CCCC2=C1C(P(c1ccccc1)c1ccccc1)C=C2. The van der Waals surface area contributed by atoms with Crippen molar-refractivity contribution < 1.29 is 0 Å². The van der Waals surface area contributed by atoms with Crippen LogP contribution >= 0.6 is 7.92 Å². The fourth-order valence-corrected chi connectivity index (χ4v) is 7.09. The van der Waals surface area contributed by atoms with Crippen molar-refractivity contribution in [3.63, 3.8) is 0 Å². The lowest BCUT2D eigenvalue weighted by atomic mass is 9.88. The molecule has 2 atom stereocenters. The molecule has 25 heavy (non-hydrogen) atoms. The lowest BCUT2D eigenvalue weighted by molar-refractivity contribution is 0.298. The largest absolute Gasteiger partial charge is 0.303 e. The van der Waals surface area contributed by atoms with Crippen molar-refractivity contribution in [2.45, 2.75) is 31.0 Å². The summed E-state index contributed by atoms with van der Waals surface area (Å²) < 4.78 is 0. The second-order valence-corrected chi connectivity index (χ2v) is 9.53. The van der Waals surface area contributed by atoms with Gasteiger partial charge in [0, 0.05) is 11.7 Å². The van der Waals surface area contributed by atoms with E-state index in [2.05, 4.69) is 91.8 Å². The van der Waals surface area contributed by atoms with Crippen LogP contribution in [0.4, 0.5) is 0 Å². The van der Waals surface area contributed by atoms with E-state index in [4.69, 9.17) is 0 Å². The molecule has 4 rings (SSSR count). The van der Waals surface area contributed by atoms with Crippen LogP contribution < -0.4 is 10.6 Å². The molecule has 2 aromatic carbocycles. The molecule has 1 unspecified atom stereocenters. The minimum absolute atomic E-state index is 0.418. The molecule has 2 heteroatoms. The standard InChI is InChI=1S/C23H26NP/c1-24(2)21-15-9-10-18-16-17-22(23(18)21)25(19-11-5-3-6-12-19)20-13-7-4-8-14-20/h3-8,11-14,16-17,21-22H,9-10,15H2,1-2H3/t21-,22?/m1/s1. The Kier molecular flexibility index (Phi) is 4.88. The monoisotopic (exact) mass is 347 g/mol. The third-order valence-electron chi connectivity index (χ3n) is 5.42. The van der Waals surface area contributed by atoms with E-state index in [1.165, 1.54) is 29.9 Å². The topological polar surface area (TPSA) is 3.24 Å². The van der Waals surface area contributed by atoms with Crippen LogP contribution in [0, 0.1) is 0 Å². The van der Waals surface area contributed by atoms with Crippen molar-refractivity contribution in [3.05, 3.63) is 84.0 Å². The summed E-state index contributed by atoms with van der Waals surface area (Å²) >= 11 is 0. The highest BCUT2D eigenvalue weighted by Crippen LogP contribution is 2.50. The predicted molar refractivity (Wildman–Crippen MR) is 110 cm³/mol. The van der Waals surface area contributed by atoms with Crippen LogP contribution in [0.2, 0.25) is 0 Å². The highest BCUT2D eigenvalue weighted by atomic mass is 31.1. The van der Waals surface area contributed by atoms with Gasteiger partial charge in [0.05, 0.1) is 0 Å². The second kappa shape index (κ2) is 7.28. The van der Waals surface area contributed by atoms with Crippen LogP contribution in [0.15, 0.2) is 84.0 Å². The number of rotatable bonds is 4. The molecule has 0 radical (unpaired) electrons. The summed E-state index contributed by atoms with van der Waals surface area (Å²) in [6.45, 7) is 0. The molecule has 0 aliphatic heterocycles. The van der Waals surface area contributed by atoms with E-state index in [0.29, 0.717) is 11.7 Å². The third kappa shape index (κ3) is 3.24. The maximum absolute atomic E-state index is 2.50. The molecule has 0 spiro atoms. The molecule has 0 fully saturated rings. The Labute approximate surface area is 152 Å². The Morgan fingerprint density at radius 3 is 2.04 bits per heavy atom. The van der Waals surface area contributed by atoms with Crippen LogP contribution in [0.1, 0.15) is 19.3 Å². The van der Waals surface area contributed by atoms with E-state index in [1.54, 1.807) is 11.1 Å². The van der Waals surface area contributed by atoms with Gasteiger partial charge in [-0.15, -0.1) is 0 Å². The van der Waals surface area contributed by atoms with Gasteiger partial charge in [-0.05, 0) is 63.0 Å². The molecule has 128 valence electrons. The zero-order valence-corrected chi connectivity index (χ0v) is 16.0. The molecule has 2 aromatic rings. The third-order valence-corrected chi connectivity index (χ3v) is 8.14. The lowest BCUT2D eigenvalue weighted by Gasteiger charge is -2.37. The number of allylic oxidation sites excluding steroid dienone is 3.